The molecule has 2 aromatic heterocycles. The Bertz CT molecular complexity index is 1550. The maximum absolute atomic E-state index is 6.50. The van der Waals surface area contributed by atoms with Crippen molar-refractivity contribution in [2.75, 3.05) is 36.8 Å². The van der Waals surface area contributed by atoms with E-state index >= 15 is 0 Å². The second-order valence-corrected chi connectivity index (χ2v) is 17.5. The van der Waals surface area contributed by atoms with Gasteiger partial charge in [-0.25, -0.2) is 9.97 Å². The number of anilines is 2. The van der Waals surface area contributed by atoms with Gasteiger partial charge in [-0.3, -0.25) is 4.90 Å². The van der Waals surface area contributed by atoms with Crippen molar-refractivity contribution in [1.82, 2.24) is 14.9 Å². The Morgan fingerprint density at radius 1 is 0.844 bits per heavy atom. The van der Waals surface area contributed by atoms with Crippen LogP contribution in [-0.2, 0) is 17.4 Å². The Morgan fingerprint density at radius 2 is 1.56 bits per heavy atom. The van der Waals surface area contributed by atoms with Crippen molar-refractivity contribution < 1.29 is 4.74 Å². The highest BCUT2D eigenvalue weighted by Gasteiger charge is 2.29. The molecule has 7 heteroatoms. The number of hydrogen-bond acceptors (Lipinski definition) is 7. The molecule has 3 heterocycles. The third-order valence-electron chi connectivity index (χ3n) is 8.12. The maximum atomic E-state index is 6.50. The van der Waals surface area contributed by atoms with Crippen LogP contribution in [0.15, 0.2) is 30.6 Å². The number of hydrogen-bond donors (Lipinski definition) is 1. The minimum atomic E-state index is -0.0850. The first kappa shape index (κ1) is 34.8. The van der Waals surface area contributed by atoms with Crippen molar-refractivity contribution in [1.29, 1.82) is 0 Å². The van der Waals surface area contributed by atoms with Crippen LogP contribution >= 0.6 is 11.3 Å². The quantitative estimate of drug-likeness (QED) is 0.285. The Hall–Kier alpha value is -3.08. The molecule has 6 nitrogen and oxygen atoms in total. The van der Waals surface area contributed by atoms with Gasteiger partial charge in [0.1, 0.15) is 6.61 Å². The van der Waals surface area contributed by atoms with E-state index in [0.717, 1.165) is 59.3 Å². The Morgan fingerprint density at radius 3 is 2.18 bits per heavy atom. The number of nitrogen functional groups attached to an aromatic ring is 1. The van der Waals surface area contributed by atoms with Crippen molar-refractivity contribution >= 4 is 22.3 Å². The topological polar surface area (TPSA) is 67.5 Å². The Labute approximate surface area is 276 Å². The molecule has 1 saturated heterocycles. The summed E-state index contributed by atoms with van der Waals surface area (Å²) in [6.45, 7) is 31.4. The van der Waals surface area contributed by atoms with Crippen molar-refractivity contribution in [2.24, 2.45) is 5.41 Å². The largest absolute Gasteiger partial charge is 0.485 e. The summed E-state index contributed by atoms with van der Waals surface area (Å²) >= 11 is 1.70. The first-order valence-corrected chi connectivity index (χ1v) is 17.1. The van der Waals surface area contributed by atoms with Crippen LogP contribution in [0.1, 0.15) is 112 Å². The number of nitrogens with two attached hydrogens (primary N) is 1. The lowest BCUT2D eigenvalue weighted by atomic mass is 9.72. The normalized spacial score (nSPS) is 15.4. The fraction of sp³-hybridized carbons (Fsp3) is 0.579. The van der Waals surface area contributed by atoms with Crippen LogP contribution in [0.2, 0.25) is 0 Å². The second-order valence-electron chi connectivity index (χ2n) is 16.5. The molecule has 1 aliphatic rings. The zero-order chi connectivity index (χ0) is 33.4. The van der Waals surface area contributed by atoms with Crippen molar-refractivity contribution in [2.45, 2.75) is 112 Å². The van der Waals surface area contributed by atoms with Gasteiger partial charge in [-0.05, 0) is 93.7 Å². The molecule has 0 radical (unpaired) electrons. The van der Waals surface area contributed by atoms with Gasteiger partial charge < -0.3 is 15.4 Å². The summed E-state index contributed by atoms with van der Waals surface area (Å²) in [5.41, 5.74) is 12.0. The number of pyridine rings is 1. The SMILES string of the molecule is CC(C)(C)C#Cc1cc(COc2cc(-c3cnc(N4CCCN(C(C)(C)C)CC4)s3)cnc2N)c(C(C)(C)C)c(C(C)(C)C)c1. The third kappa shape index (κ3) is 9.01. The molecule has 0 spiro atoms. The van der Waals surface area contributed by atoms with Crippen LogP contribution < -0.4 is 15.4 Å². The van der Waals surface area contributed by atoms with E-state index in [9.17, 15) is 0 Å². The molecule has 4 rings (SSSR count). The van der Waals surface area contributed by atoms with Gasteiger partial charge in [0.2, 0.25) is 0 Å². The monoisotopic (exact) mass is 629 g/mol. The van der Waals surface area contributed by atoms with E-state index in [4.69, 9.17) is 15.5 Å². The van der Waals surface area contributed by atoms with Crippen molar-refractivity contribution in [3.8, 4) is 28.0 Å². The summed E-state index contributed by atoms with van der Waals surface area (Å²) in [6, 6.07) is 6.47. The molecule has 3 aromatic rings. The molecule has 244 valence electrons. The summed E-state index contributed by atoms with van der Waals surface area (Å²) in [5.74, 6) is 7.83. The highest BCUT2D eigenvalue weighted by molar-refractivity contribution is 7.18. The Balaban J connectivity index is 1.62. The summed E-state index contributed by atoms with van der Waals surface area (Å²) in [6.07, 6.45) is 4.91. The fourth-order valence-corrected chi connectivity index (χ4v) is 6.76. The molecule has 45 heavy (non-hydrogen) atoms. The van der Waals surface area contributed by atoms with Crippen molar-refractivity contribution in [3.05, 3.63) is 52.8 Å². The smallest absolute Gasteiger partial charge is 0.185 e. The van der Waals surface area contributed by atoms with E-state index in [0.29, 0.717) is 18.2 Å². The highest BCUT2D eigenvalue weighted by Crippen LogP contribution is 2.39. The number of ether oxygens (including phenoxy) is 1. The van der Waals surface area contributed by atoms with E-state index in [-0.39, 0.29) is 21.8 Å². The average molecular weight is 630 g/mol. The maximum Gasteiger partial charge on any atom is 0.185 e. The van der Waals surface area contributed by atoms with E-state index in [1.54, 1.807) is 11.3 Å². The third-order valence-corrected chi connectivity index (χ3v) is 9.23. The van der Waals surface area contributed by atoms with Gasteiger partial charge in [0.05, 0.1) is 4.88 Å². The predicted octanol–water partition coefficient (Wildman–Crippen LogP) is 8.67. The van der Waals surface area contributed by atoms with Gasteiger partial charge in [0.25, 0.3) is 0 Å². The van der Waals surface area contributed by atoms with Gasteiger partial charge in [-0.2, -0.15) is 0 Å². The fourth-order valence-electron chi connectivity index (χ4n) is 5.81. The molecule has 0 saturated carbocycles. The second kappa shape index (κ2) is 13.0. The van der Waals surface area contributed by atoms with E-state index in [2.05, 4.69) is 122 Å². The molecule has 0 amide bonds. The van der Waals surface area contributed by atoms with Gasteiger partial charge in [0, 0.05) is 60.7 Å². The first-order valence-electron chi connectivity index (χ1n) is 16.3. The molecule has 0 bridgehead atoms. The number of aromatic nitrogens is 2. The number of nitrogens with zero attached hydrogens (tertiary/aromatic N) is 4. The minimum Gasteiger partial charge on any atom is -0.485 e. The van der Waals surface area contributed by atoms with E-state index in [1.807, 2.05) is 18.5 Å². The van der Waals surface area contributed by atoms with Crippen LogP contribution in [0.3, 0.4) is 0 Å². The summed E-state index contributed by atoms with van der Waals surface area (Å²) in [4.78, 5) is 15.4. The molecule has 1 aromatic carbocycles. The van der Waals surface area contributed by atoms with Gasteiger partial charge in [-0.1, -0.05) is 64.7 Å². The Kier molecular flexibility index (Phi) is 10.0. The first-order chi connectivity index (χ1) is 20.7. The molecule has 1 fully saturated rings. The van der Waals surface area contributed by atoms with Crippen LogP contribution in [0.4, 0.5) is 10.9 Å². The van der Waals surface area contributed by atoms with Gasteiger partial charge in [0.15, 0.2) is 16.7 Å². The van der Waals surface area contributed by atoms with Crippen LogP contribution in [0, 0.1) is 17.3 Å². The number of thiazole rings is 1. The zero-order valence-corrected chi connectivity index (χ0v) is 30.6. The minimum absolute atomic E-state index is 0.0560. The standard InChI is InChI=1S/C38H55N5OS/c1-35(2,3)15-14-26-20-28(32(37(7,8)9)29(21-26)36(4,5)6)25-44-30-22-27(23-40-33(30)39)31-24-41-34(45-31)42-16-13-17-43(19-18-42)38(10,11)12/h20-24H,13,16-19,25H2,1-12H3,(H2,39,40). The lowest BCUT2D eigenvalue weighted by molar-refractivity contribution is 0.148. The lowest BCUT2D eigenvalue weighted by Gasteiger charge is -2.34. The van der Waals surface area contributed by atoms with Gasteiger partial charge in [-0.15, -0.1) is 0 Å². The molecule has 2 N–H and O–H groups in total. The van der Waals surface area contributed by atoms with E-state index in [1.165, 1.54) is 11.1 Å². The number of rotatable bonds is 5. The highest BCUT2D eigenvalue weighted by atomic mass is 32.1. The number of benzene rings is 1. The zero-order valence-electron chi connectivity index (χ0n) is 29.8. The van der Waals surface area contributed by atoms with Crippen LogP contribution in [-0.4, -0.2) is 46.6 Å². The molecule has 0 unspecified atom stereocenters. The van der Waals surface area contributed by atoms with Crippen LogP contribution in [0.25, 0.3) is 10.4 Å². The molecule has 0 aliphatic carbocycles. The van der Waals surface area contributed by atoms with Crippen molar-refractivity contribution in [3.63, 3.8) is 0 Å². The molecular weight excluding hydrogens is 575 g/mol. The summed E-state index contributed by atoms with van der Waals surface area (Å²) in [7, 11) is 0. The lowest BCUT2D eigenvalue weighted by Crippen LogP contribution is -2.43. The predicted molar refractivity (Wildman–Crippen MR) is 192 cm³/mol. The molecule has 0 atom stereocenters. The summed E-state index contributed by atoms with van der Waals surface area (Å²) < 4.78 is 6.50. The average Bonchev–Trinajstić information content (AvgIpc) is 3.26. The van der Waals surface area contributed by atoms with E-state index < -0.39 is 0 Å². The van der Waals surface area contributed by atoms with Crippen LogP contribution in [0.5, 0.6) is 5.75 Å². The molecule has 1 aliphatic heterocycles. The summed E-state index contributed by atoms with van der Waals surface area (Å²) in [5, 5.41) is 1.05. The van der Waals surface area contributed by atoms with Gasteiger partial charge >= 0.3 is 0 Å². The molecular formula is C38H55N5OS.